The van der Waals surface area contributed by atoms with Crippen LogP contribution in [-0.2, 0) is 0 Å². The number of rotatable bonds is 2. The first-order valence-electron chi connectivity index (χ1n) is 6.67. The number of nitrogen functional groups attached to an aromatic ring is 1. The summed E-state index contributed by atoms with van der Waals surface area (Å²) in [4.78, 5) is 16.7. The summed E-state index contributed by atoms with van der Waals surface area (Å²) in [7, 11) is 0. The van der Waals surface area contributed by atoms with Crippen LogP contribution >= 0.6 is 0 Å². The van der Waals surface area contributed by atoms with E-state index in [0.717, 1.165) is 16.6 Å². The van der Waals surface area contributed by atoms with Gasteiger partial charge in [0.25, 0.3) is 5.91 Å². The molecule has 2 aromatic carbocycles. The van der Waals surface area contributed by atoms with Crippen LogP contribution in [0.15, 0.2) is 54.6 Å². The minimum Gasteiger partial charge on any atom is -0.398 e. The molecule has 1 amide bonds. The zero-order valence-corrected chi connectivity index (χ0v) is 11.6. The Morgan fingerprint density at radius 1 is 1.10 bits per heavy atom. The molecular weight excluding hydrogens is 262 g/mol. The molecule has 4 nitrogen and oxygen atoms in total. The van der Waals surface area contributed by atoms with Crippen molar-refractivity contribution in [3.05, 3.63) is 65.9 Å². The van der Waals surface area contributed by atoms with Gasteiger partial charge in [0.2, 0.25) is 0 Å². The van der Waals surface area contributed by atoms with Gasteiger partial charge < -0.3 is 11.1 Å². The van der Waals surface area contributed by atoms with Crippen molar-refractivity contribution >= 4 is 28.2 Å². The number of hydrogen-bond acceptors (Lipinski definition) is 3. The summed E-state index contributed by atoms with van der Waals surface area (Å²) in [6.07, 6.45) is 0. The minimum absolute atomic E-state index is 0.266. The third kappa shape index (κ3) is 2.69. The predicted octanol–water partition coefficient (Wildman–Crippen LogP) is 3.38. The largest absolute Gasteiger partial charge is 0.398 e. The Hall–Kier alpha value is -2.88. The molecule has 104 valence electrons. The number of amides is 1. The first-order valence-corrected chi connectivity index (χ1v) is 6.67. The van der Waals surface area contributed by atoms with Crippen LogP contribution in [-0.4, -0.2) is 10.9 Å². The molecule has 4 heteroatoms. The Morgan fingerprint density at radius 2 is 1.90 bits per heavy atom. The first kappa shape index (κ1) is 13.1. The van der Waals surface area contributed by atoms with Gasteiger partial charge in [-0.3, -0.25) is 4.79 Å². The number of carbonyl (C=O) groups excluding carboxylic acids is 1. The molecule has 0 saturated carbocycles. The van der Waals surface area contributed by atoms with E-state index in [4.69, 9.17) is 5.73 Å². The average Bonchev–Trinajstić information content (AvgIpc) is 2.47. The van der Waals surface area contributed by atoms with Crippen LogP contribution in [0.25, 0.3) is 10.9 Å². The highest BCUT2D eigenvalue weighted by Crippen LogP contribution is 2.20. The Labute approximate surface area is 122 Å². The smallest absolute Gasteiger partial charge is 0.274 e. The summed E-state index contributed by atoms with van der Waals surface area (Å²) in [5, 5.41) is 3.69. The lowest BCUT2D eigenvalue weighted by Gasteiger charge is -2.08. The van der Waals surface area contributed by atoms with E-state index in [9.17, 15) is 4.79 Å². The lowest BCUT2D eigenvalue weighted by atomic mass is 10.1. The van der Waals surface area contributed by atoms with Crippen LogP contribution < -0.4 is 11.1 Å². The van der Waals surface area contributed by atoms with E-state index >= 15 is 0 Å². The van der Waals surface area contributed by atoms with Crippen LogP contribution in [0, 0.1) is 6.92 Å². The second-order valence-electron chi connectivity index (χ2n) is 4.94. The van der Waals surface area contributed by atoms with Gasteiger partial charge in [0.1, 0.15) is 5.69 Å². The van der Waals surface area contributed by atoms with E-state index in [2.05, 4.69) is 10.3 Å². The van der Waals surface area contributed by atoms with E-state index in [1.54, 1.807) is 6.07 Å². The summed E-state index contributed by atoms with van der Waals surface area (Å²) in [6.45, 7) is 1.97. The van der Waals surface area contributed by atoms with Crippen molar-refractivity contribution in [3.8, 4) is 0 Å². The second kappa shape index (κ2) is 5.25. The third-order valence-corrected chi connectivity index (χ3v) is 3.26. The summed E-state index contributed by atoms with van der Waals surface area (Å²) in [5.41, 5.74) is 9.40. The van der Waals surface area contributed by atoms with Crippen molar-refractivity contribution in [2.45, 2.75) is 6.92 Å². The van der Waals surface area contributed by atoms with Gasteiger partial charge in [-0.25, -0.2) is 4.98 Å². The van der Waals surface area contributed by atoms with Crippen LogP contribution in [0.2, 0.25) is 0 Å². The minimum atomic E-state index is -0.266. The van der Waals surface area contributed by atoms with E-state index in [1.807, 2.05) is 55.5 Å². The molecule has 0 radical (unpaired) electrons. The van der Waals surface area contributed by atoms with Crippen LogP contribution in [0.4, 0.5) is 11.4 Å². The monoisotopic (exact) mass is 277 g/mol. The molecule has 21 heavy (non-hydrogen) atoms. The van der Waals surface area contributed by atoms with Gasteiger partial charge in [0, 0.05) is 16.8 Å². The zero-order chi connectivity index (χ0) is 14.8. The molecule has 3 rings (SSSR count). The number of fused-ring (bicyclic) bond motifs is 1. The van der Waals surface area contributed by atoms with Gasteiger partial charge in [-0.2, -0.15) is 0 Å². The van der Waals surface area contributed by atoms with Gasteiger partial charge in [0.15, 0.2) is 0 Å². The highest BCUT2D eigenvalue weighted by atomic mass is 16.1. The van der Waals surface area contributed by atoms with Gasteiger partial charge >= 0.3 is 0 Å². The molecule has 0 atom stereocenters. The first-order chi connectivity index (χ1) is 10.1. The van der Waals surface area contributed by atoms with E-state index in [-0.39, 0.29) is 5.91 Å². The maximum Gasteiger partial charge on any atom is 0.274 e. The van der Waals surface area contributed by atoms with E-state index in [1.165, 1.54) is 0 Å². The molecule has 0 spiro atoms. The van der Waals surface area contributed by atoms with Crippen molar-refractivity contribution in [1.29, 1.82) is 0 Å². The Kier molecular flexibility index (Phi) is 3.28. The number of hydrogen-bond donors (Lipinski definition) is 2. The van der Waals surface area contributed by atoms with Gasteiger partial charge in [-0.1, -0.05) is 30.3 Å². The van der Waals surface area contributed by atoms with Crippen molar-refractivity contribution < 1.29 is 4.79 Å². The zero-order valence-electron chi connectivity index (χ0n) is 11.6. The molecular formula is C17H15N3O. The van der Waals surface area contributed by atoms with Crippen molar-refractivity contribution in [2.75, 3.05) is 11.1 Å². The molecule has 0 fully saturated rings. The fourth-order valence-electron chi connectivity index (χ4n) is 2.24. The summed E-state index contributed by atoms with van der Waals surface area (Å²) >= 11 is 0. The number of aryl methyl sites for hydroxylation is 1. The molecule has 3 N–H and O–H groups in total. The number of aromatic nitrogens is 1. The van der Waals surface area contributed by atoms with Crippen LogP contribution in [0.1, 0.15) is 16.1 Å². The van der Waals surface area contributed by atoms with Crippen molar-refractivity contribution in [2.24, 2.45) is 0 Å². The molecule has 1 heterocycles. The van der Waals surface area contributed by atoms with Crippen molar-refractivity contribution in [1.82, 2.24) is 4.98 Å². The fraction of sp³-hybridized carbons (Fsp3) is 0.0588. The number of nitrogens with zero attached hydrogens (tertiary/aromatic N) is 1. The lowest BCUT2D eigenvalue weighted by molar-refractivity contribution is 0.102. The van der Waals surface area contributed by atoms with Crippen LogP contribution in [0.3, 0.4) is 0 Å². The predicted molar refractivity (Wildman–Crippen MR) is 85.3 cm³/mol. The Bertz CT molecular complexity index is 827. The molecule has 3 aromatic rings. The molecule has 0 aliphatic heterocycles. The summed E-state index contributed by atoms with van der Waals surface area (Å²) < 4.78 is 0. The summed E-state index contributed by atoms with van der Waals surface area (Å²) in [6, 6.07) is 16.7. The maximum absolute atomic E-state index is 12.3. The summed E-state index contributed by atoms with van der Waals surface area (Å²) in [5.74, 6) is -0.266. The molecule has 1 aromatic heterocycles. The quantitative estimate of drug-likeness (QED) is 0.754. The Balaban J connectivity index is 1.94. The number of pyridine rings is 1. The number of anilines is 2. The molecule has 0 aliphatic rings. The van der Waals surface area contributed by atoms with Gasteiger partial charge in [-0.15, -0.1) is 0 Å². The number of benzene rings is 2. The Morgan fingerprint density at radius 3 is 2.71 bits per heavy atom. The van der Waals surface area contributed by atoms with E-state index < -0.39 is 0 Å². The molecule has 0 aliphatic carbocycles. The molecule has 0 unspecified atom stereocenters. The molecule has 0 bridgehead atoms. The topological polar surface area (TPSA) is 68.0 Å². The highest BCUT2D eigenvalue weighted by molar-refractivity contribution is 6.06. The third-order valence-electron chi connectivity index (χ3n) is 3.26. The number of para-hydroxylation sites is 1. The number of nitrogens with two attached hydrogens (primary N) is 1. The molecule has 0 saturated heterocycles. The fourth-order valence-corrected chi connectivity index (χ4v) is 2.24. The SMILES string of the molecule is Cc1cccc(NC(=O)c2cc(N)c3ccccc3n2)c1. The number of nitrogens with one attached hydrogen (secondary N) is 1. The van der Waals surface area contributed by atoms with Crippen molar-refractivity contribution in [3.63, 3.8) is 0 Å². The standard InChI is InChI=1S/C17H15N3O/c1-11-5-4-6-12(9-11)19-17(21)16-10-14(18)13-7-2-3-8-15(13)20-16/h2-10H,1H3,(H2,18,20)(H,19,21). The van der Waals surface area contributed by atoms with E-state index in [0.29, 0.717) is 16.9 Å². The second-order valence-corrected chi connectivity index (χ2v) is 4.94. The average molecular weight is 277 g/mol. The maximum atomic E-state index is 12.3. The number of carbonyl (C=O) groups is 1. The highest BCUT2D eigenvalue weighted by Gasteiger charge is 2.11. The van der Waals surface area contributed by atoms with Gasteiger partial charge in [0.05, 0.1) is 5.52 Å². The van der Waals surface area contributed by atoms with Gasteiger partial charge in [-0.05, 0) is 36.8 Å². The normalized spacial score (nSPS) is 10.5. The lowest BCUT2D eigenvalue weighted by Crippen LogP contribution is -2.14. The van der Waals surface area contributed by atoms with Crippen LogP contribution in [0.5, 0.6) is 0 Å².